The van der Waals surface area contributed by atoms with Gasteiger partial charge in [0.05, 0.1) is 12.6 Å². The quantitative estimate of drug-likeness (QED) is 0.656. The summed E-state index contributed by atoms with van der Waals surface area (Å²) in [5.74, 6) is 0.134. The van der Waals surface area contributed by atoms with Crippen molar-refractivity contribution >= 4 is 5.91 Å². The van der Waals surface area contributed by atoms with Crippen molar-refractivity contribution in [3.8, 4) is 0 Å². The number of hydrogen-bond acceptors (Lipinski definition) is 3. The number of carbonyl (C=O) groups excluding carboxylic acids is 1. The molecular formula is C12H26N2O2. The third-order valence-corrected chi connectivity index (χ3v) is 2.87. The van der Waals surface area contributed by atoms with Crippen molar-refractivity contribution in [2.75, 3.05) is 6.61 Å². The summed E-state index contributed by atoms with van der Waals surface area (Å²) in [6.45, 7) is 9.93. The van der Waals surface area contributed by atoms with E-state index in [1.54, 1.807) is 0 Å². The summed E-state index contributed by atoms with van der Waals surface area (Å²) in [6.07, 6.45) is 0.298. The topological polar surface area (TPSA) is 75.3 Å². The average Bonchev–Trinajstić information content (AvgIpc) is 2.11. The Labute approximate surface area is 98.6 Å². The van der Waals surface area contributed by atoms with E-state index in [-0.39, 0.29) is 35.9 Å². The number of rotatable bonds is 5. The fourth-order valence-corrected chi connectivity index (χ4v) is 1.19. The summed E-state index contributed by atoms with van der Waals surface area (Å²) in [5.41, 5.74) is 5.84. The van der Waals surface area contributed by atoms with E-state index < -0.39 is 0 Å². The number of amides is 1. The van der Waals surface area contributed by atoms with Crippen LogP contribution in [0.5, 0.6) is 0 Å². The van der Waals surface area contributed by atoms with E-state index in [4.69, 9.17) is 10.8 Å². The molecule has 0 aromatic rings. The van der Waals surface area contributed by atoms with Crippen LogP contribution >= 0.6 is 0 Å². The van der Waals surface area contributed by atoms with Crippen molar-refractivity contribution in [3.63, 3.8) is 0 Å². The molecule has 0 saturated carbocycles. The maximum atomic E-state index is 11.7. The molecular weight excluding hydrogens is 204 g/mol. The van der Waals surface area contributed by atoms with Gasteiger partial charge >= 0.3 is 0 Å². The van der Waals surface area contributed by atoms with Crippen LogP contribution in [-0.4, -0.2) is 29.7 Å². The Morgan fingerprint density at radius 3 is 2.19 bits per heavy atom. The SMILES string of the molecule is CC(C)C(CO)NC(=O)CC(N)C(C)(C)C. The molecule has 0 aliphatic carbocycles. The van der Waals surface area contributed by atoms with E-state index in [1.165, 1.54) is 0 Å². The standard InChI is InChI=1S/C12H26N2O2/c1-8(2)9(7-15)14-11(16)6-10(13)12(3,4)5/h8-10,15H,6-7,13H2,1-5H3,(H,14,16). The predicted molar refractivity (Wildman–Crippen MR) is 65.9 cm³/mol. The second kappa shape index (κ2) is 6.21. The molecule has 4 nitrogen and oxygen atoms in total. The Hall–Kier alpha value is -0.610. The van der Waals surface area contributed by atoms with Crippen molar-refractivity contribution in [1.29, 1.82) is 0 Å². The third-order valence-electron chi connectivity index (χ3n) is 2.87. The van der Waals surface area contributed by atoms with Gasteiger partial charge in [0.15, 0.2) is 0 Å². The zero-order chi connectivity index (χ0) is 12.9. The molecule has 1 amide bonds. The zero-order valence-electron chi connectivity index (χ0n) is 11.1. The van der Waals surface area contributed by atoms with Crippen LogP contribution in [0.4, 0.5) is 0 Å². The van der Waals surface area contributed by atoms with Crippen molar-refractivity contribution < 1.29 is 9.90 Å². The summed E-state index contributed by atoms with van der Waals surface area (Å²) in [6, 6.07) is -0.348. The van der Waals surface area contributed by atoms with Gasteiger partial charge in [-0.2, -0.15) is 0 Å². The summed E-state index contributed by atoms with van der Waals surface area (Å²) in [4.78, 5) is 11.7. The second-order valence-corrected chi connectivity index (χ2v) is 5.78. The van der Waals surface area contributed by atoms with Crippen LogP contribution in [-0.2, 0) is 4.79 Å². The zero-order valence-corrected chi connectivity index (χ0v) is 11.1. The predicted octanol–water partition coefficient (Wildman–Crippen LogP) is 0.883. The maximum Gasteiger partial charge on any atom is 0.221 e. The molecule has 0 aromatic carbocycles. The molecule has 16 heavy (non-hydrogen) atoms. The van der Waals surface area contributed by atoms with Crippen molar-refractivity contribution in [3.05, 3.63) is 0 Å². The molecule has 0 aliphatic rings. The highest BCUT2D eigenvalue weighted by Gasteiger charge is 2.24. The van der Waals surface area contributed by atoms with Gasteiger partial charge in [-0.1, -0.05) is 34.6 Å². The number of aliphatic hydroxyl groups is 1. The highest BCUT2D eigenvalue weighted by Crippen LogP contribution is 2.19. The number of aliphatic hydroxyl groups excluding tert-OH is 1. The van der Waals surface area contributed by atoms with Gasteiger partial charge in [-0.25, -0.2) is 0 Å². The van der Waals surface area contributed by atoms with Crippen LogP contribution in [0.3, 0.4) is 0 Å². The Morgan fingerprint density at radius 1 is 1.38 bits per heavy atom. The molecule has 96 valence electrons. The largest absolute Gasteiger partial charge is 0.394 e. The highest BCUT2D eigenvalue weighted by atomic mass is 16.3. The van der Waals surface area contributed by atoms with Crippen LogP contribution in [0.1, 0.15) is 41.0 Å². The Kier molecular flexibility index (Phi) is 5.97. The van der Waals surface area contributed by atoms with Crippen LogP contribution in [0, 0.1) is 11.3 Å². The van der Waals surface area contributed by atoms with Gasteiger partial charge in [0.1, 0.15) is 0 Å². The van der Waals surface area contributed by atoms with Gasteiger partial charge in [0.25, 0.3) is 0 Å². The minimum Gasteiger partial charge on any atom is -0.394 e. The first-order valence-corrected chi connectivity index (χ1v) is 5.84. The Balaban J connectivity index is 4.18. The van der Waals surface area contributed by atoms with Crippen molar-refractivity contribution in [1.82, 2.24) is 5.32 Å². The molecule has 0 aliphatic heterocycles. The maximum absolute atomic E-state index is 11.7. The first-order chi connectivity index (χ1) is 7.18. The van der Waals surface area contributed by atoms with Crippen LogP contribution < -0.4 is 11.1 Å². The molecule has 0 spiro atoms. The van der Waals surface area contributed by atoms with Gasteiger partial charge < -0.3 is 16.2 Å². The minimum atomic E-state index is -0.181. The van der Waals surface area contributed by atoms with E-state index in [0.29, 0.717) is 6.42 Å². The number of nitrogens with one attached hydrogen (secondary N) is 1. The van der Waals surface area contributed by atoms with E-state index in [9.17, 15) is 4.79 Å². The van der Waals surface area contributed by atoms with Gasteiger partial charge in [-0.05, 0) is 11.3 Å². The molecule has 0 radical (unpaired) electrons. The molecule has 0 aromatic heterocycles. The first-order valence-electron chi connectivity index (χ1n) is 5.84. The molecule has 0 heterocycles. The monoisotopic (exact) mass is 230 g/mol. The van der Waals surface area contributed by atoms with E-state index in [2.05, 4.69) is 5.32 Å². The van der Waals surface area contributed by atoms with Crippen molar-refractivity contribution in [2.24, 2.45) is 17.1 Å². The van der Waals surface area contributed by atoms with Crippen LogP contribution in [0.2, 0.25) is 0 Å². The molecule has 2 unspecified atom stereocenters. The minimum absolute atomic E-state index is 0.0336. The summed E-state index contributed by atoms with van der Waals surface area (Å²) < 4.78 is 0. The van der Waals surface area contributed by atoms with Gasteiger partial charge in [-0.15, -0.1) is 0 Å². The fourth-order valence-electron chi connectivity index (χ4n) is 1.19. The highest BCUT2D eigenvalue weighted by molar-refractivity contribution is 5.77. The van der Waals surface area contributed by atoms with Gasteiger partial charge in [-0.3, -0.25) is 4.79 Å². The molecule has 4 N–H and O–H groups in total. The second-order valence-electron chi connectivity index (χ2n) is 5.78. The lowest BCUT2D eigenvalue weighted by Crippen LogP contribution is -2.45. The molecule has 0 rings (SSSR count). The number of carbonyl (C=O) groups is 1. The molecule has 0 bridgehead atoms. The van der Waals surface area contributed by atoms with Crippen LogP contribution in [0.25, 0.3) is 0 Å². The average molecular weight is 230 g/mol. The Morgan fingerprint density at radius 2 is 1.88 bits per heavy atom. The summed E-state index contributed by atoms with van der Waals surface area (Å²) in [7, 11) is 0. The van der Waals surface area contributed by atoms with E-state index >= 15 is 0 Å². The normalized spacial score (nSPS) is 16.0. The Bertz CT molecular complexity index is 216. The van der Waals surface area contributed by atoms with E-state index in [1.807, 2.05) is 34.6 Å². The lowest BCUT2D eigenvalue weighted by Gasteiger charge is -2.28. The number of hydrogen-bond donors (Lipinski definition) is 3. The van der Waals surface area contributed by atoms with Crippen molar-refractivity contribution in [2.45, 2.75) is 53.1 Å². The lowest BCUT2D eigenvalue weighted by atomic mass is 9.85. The molecule has 4 heteroatoms. The molecule has 0 saturated heterocycles. The lowest BCUT2D eigenvalue weighted by molar-refractivity contribution is -0.123. The first kappa shape index (κ1) is 15.4. The van der Waals surface area contributed by atoms with Crippen LogP contribution in [0.15, 0.2) is 0 Å². The smallest absolute Gasteiger partial charge is 0.221 e. The van der Waals surface area contributed by atoms with Gasteiger partial charge in [0, 0.05) is 12.5 Å². The molecule has 0 fully saturated rings. The fraction of sp³-hybridized carbons (Fsp3) is 0.917. The summed E-state index contributed by atoms with van der Waals surface area (Å²) >= 11 is 0. The van der Waals surface area contributed by atoms with E-state index in [0.717, 1.165) is 0 Å². The number of nitrogens with two attached hydrogens (primary N) is 1. The summed E-state index contributed by atoms with van der Waals surface area (Å²) in [5, 5.41) is 11.9. The van der Waals surface area contributed by atoms with Gasteiger partial charge in [0.2, 0.25) is 5.91 Å². The third kappa shape index (κ3) is 5.47. The molecule has 2 atom stereocenters.